The molecule has 2 nitrogen and oxygen atoms in total. The van der Waals surface area contributed by atoms with Crippen molar-refractivity contribution in [2.75, 3.05) is 0 Å². The second kappa shape index (κ2) is 4.35. The highest BCUT2D eigenvalue weighted by Crippen LogP contribution is 2.23. The molecule has 1 aromatic heterocycles. The molecular formula is C14H14O2. The molecule has 0 bridgehead atoms. The van der Waals surface area contributed by atoms with Crippen molar-refractivity contribution in [2.45, 2.75) is 13.8 Å². The maximum Gasteiger partial charge on any atom is 0.200 e. The molecule has 1 aromatic carbocycles. The fourth-order valence-corrected chi connectivity index (χ4v) is 1.51. The maximum atomic E-state index is 11.7. The minimum atomic E-state index is -0.0326. The van der Waals surface area contributed by atoms with Crippen LogP contribution in [0.3, 0.4) is 0 Å². The number of carbonyl (C=O) groups excluding carboxylic acids is 1. The largest absolute Gasteiger partial charge is 0.453 e. The predicted octanol–water partition coefficient (Wildman–Crippen LogP) is 3.79. The lowest BCUT2D eigenvalue weighted by Gasteiger charge is -1.99. The van der Waals surface area contributed by atoms with E-state index in [1.807, 2.05) is 50.2 Å². The molecule has 2 heteroatoms. The van der Waals surface area contributed by atoms with Crippen LogP contribution in [-0.2, 0) is 0 Å². The van der Waals surface area contributed by atoms with Gasteiger partial charge in [0.15, 0.2) is 5.76 Å². The van der Waals surface area contributed by atoms with Gasteiger partial charge >= 0.3 is 0 Å². The molecule has 0 aliphatic rings. The van der Waals surface area contributed by atoms with Crippen molar-refractivity contribution in [3.05, 3.63) is 48.2 Å². The van der Waals surface area contributed by atoms with E-state index in [0.717, 1.165) is 11.3 Å². The molecule has 82 valence electrons. The highest BCUT2D eigenvalue weighted by molar-refractivity contribution is 5.95. The Morgan fingerprint density at radius 1 is 1.06 bits per heavy atom. The number of benzene rings is 1. The Bertz CT molecular complexity index is 480. The van der Waals surface area contributed by atoms with Crippen LogP contribution < -0.4 is 0 Å². The quantitative estimate of drug-likeness (QED) is 0.728. The molecule has 0 atom stereocenters. The van der Waals surface area contributed by atoms with Gasteiger partial charge < -0.3 is 4.42 Å². The summed E-state index contributed by atoms with van der Waals surface area (Å²) in [6.45, 7) is 3.74. The molecule has 0 aliphatic heterocycles. The number of Topliss-reactive ketones (excluding diaryl/α,β-unsaturated/α-hetero) is 1. The molecule has 0 unspecified atom stereocenters. The first kappa shape index (κ1) is 10.7. The van der Waals surface area contributed by atoms with Gasteiger partial charge in [0.2, 0.25) is 5.78 Å². The fourth-order valence-electron chi connectivity index (χ4n) is 1.51. The van der Waals surface area contributed by atoms with E-state index < -0.39 is 0 Å². The van der Waals surface area contributed by atoms with Crippen LogP contribution in [0.25, 0.3) is 11.3 Å². The van der Waals surface area contributed by atoms with Gasteiger partial charge in [-0.3, -0.25) is 4.79 Å². The molecule has 2 rings (SSSR count). The lowest BCUT2D eigenvalue weighted by atomic mass is 10.1. The zero-order valence-electron chi connectivity index (χ0n) is 9.44. The van der Waals surface area contributed by atoms with Crippen molar-refractivity contribution >= 4 is 5.78 Å². The minimum absolute atomic E-state index is 0.0326. The summed E-state index contributed by atoms with van der Waals surface area (Å²) in [7, 11) is 0. The van der Waals surface area contributed by atoms with Crippen LogP contribution in [0, 0.1) is 5.92 Å². The molecule has 0 fully saturated rings. The summed E-state index contributed by atoms with van der Waals surface area (Å²) in [6.07, 6.45) is 0. The van der Waals surface area contributed by atoms with E-state index in [-0.39, 0.29) is 11.7 Å². The normalized spacial score (nSPS) is 10.7. The first-order valence-electron chi connectivity index (χ1n) is 5.38. The maximum absolute atomic E-state index is 11.7. The summed E-state index contributed by atoms with van der Waals surface area (Å²) in [5.41, 5.74) is 0.991. The van der Waals surface area contributed by atoms with E-state index in [4.69, 9.17) is 4.42 Å². The van der Waals surface area contributed by atoms with Crippen molar-refractivity contribution in [3.63, 3.8) is 0 Å². The lowest BCUT2D eigenvalue weighted by Crippen LogP contribution is -2.05. The Balaban J connectivity index is 2.30. The summed E-state index contributed by atoms with van der Waals surface area (Å²) in [6, 6.07) is 13.3. The summed E-state index contributed by atoms with van der Waals surface area (Å²) < 4.78 is 5.54. The second-order valence-corrected chi connectivity index (χ2v) is 4.05. The van der Waals surface area contributed by atoms with Crippen molar-refractivity contribution in [2.24, 2.45) is 5.92 Å². The summed E-state index contributed by atoms with van der Waals surface area (Å²) in [4.78, 5) is 11.7. The van der Waals surface area contributed by atoms with Gasteiger partial charge in [-0.25, -0.2) is 0 Å². The van der Waals surface area contributed by atoms with Crippen LogP contribution in [-0.4, -0.2) is 5.78 Å². The van der Waals surface area contributed by atoms with Crippen molar-refractivity contribution in [1.29, 1.82) is 0 Å². The fraction of sp³-hybridized carbons (Fsp3) is 0.214. The lowest BCUT2D eigenvalue weighted by molar-refractivity contribution is 0.0912. The SMILES string of the molecule is CC(C)C(=O)c1ccc(-c2ccccc2)o1. The number of hydrogen-bond acceptors (Lipinski definition) is 2. The number of hydrogen-bond donors (Lipinski definition) is 0. The van der Waals surface area contributed by atoms with Crippen LogP contribution in [0.15, 0.2) is 46.9 Å². The van der Waals surface area contributed by atoms with E-state index in [1.165, 1.54) is 0 Å². The van der Waals surface area contributed by atoms with Gasteiger partial charge in [0.05, 0.1) is 0 Å². The highest BCUT2D eigenvalue weighted by Gasteiger charge is 2.15. The number of furan rings is 1. The van der Waals surface area contributed by atoms with Crippen molar-refractivity contribution in [1.82, 2.24) is 0 Å². The van der Waals surface area contributed by atoms with Crippen LogP contribution in [0.4, 0.5) is 0 Å². The van der Waals surface area contributed by atoms with Gasteiger partial charge in [-0.15, -0.1) is 0 Å². The van der Waals surface area contributed by atoms with E-state index in [0.29, 0.717) is 5.76 Å². The highest BCUT2D eigenvalue weighted by atomic mass is 16.3. The molecule has 0 saturated carbocycles. The molecule has 0 spiro atoms. The third-order valence-electron chi connectivity index (χ3n) is 2.43. The Labute approximate surface area is 94.9 Å². The third kappa shape index (κ3) is 2.06. The standard InChI is InChI=1S/C14H14O2/c1-10(2)14(15)13-9-8-12(16-13)11-6-4-3-5-7-11/h3-10H,1-2H3. The summed E-state index contributed by atoms with van der Waals surface area (Å²) in [5.74, 6) is 1.19. The molecule has 0 amide bonds. The average Bonchev–Trinajstić information content (AvgIpc) is 2.78. The number of carbonyl (C=O) groups is 1. The molecule has 0 N–H and O–H groups in total. The first-order valence-corrected chi connectivity index (χ1v) is 5.38. The van der Waals surface area contributed by atoms with Crippen molar-refractivity contribution < 1.29 is 9.21 Å². The second-order valence-electron chi connectivity index (χ2n) is 4.05. The van der Waals surface area contributed by atoms with E-state index in [9.17, 15) is 4.79 Å². The van der Waals surface area contributed by atoms with Gasteiger partial charge in [-0.05, 0) is 12.1 Å². The first-order chi connectivity index (χ1) is 7.68. The molecular weight excluding hydrogens is 200 g/mol. The zero-order valence-corrected chi connectivity index (χ0v) is 9.44. The van der Waals surface area contributed by atoms with E-state index in [2.05, 4.69) is 0 Å². The smallest absolute Gasteiger partial charge is 0.200 e. The molecule has 16 heavy (non-hydrogen) atoms. The summed E-state index contributed by atoms with van der Waals surface area (Å²) in [5, 5.41) is 0. The van der Waals surface area contributed by atoms with E-state index >= 15 is 0 Å². The Morgan fingerprint density at radius 3 is 2.38 bits per heavy atom. The van der Waals surface area contributed by atoms with Crippen LogP contribution in [0.1, 0.15) is 24.4 Å². The Kier molecular flexibility index (Phi) is 2.91. The van der Waals surface area contributed by atoms with E-state index in [1.54, 1.807) is 6.07 Å². The monoisotopic (exact) mass is 214 g/mol. The minimum Gasteiger partial charge on any atom is -0.453 e. The third-order valence-corrected chi connectivity index (χ3v) is 2.43. The topological polar surface area (TPSA) is 30.2 Å². The van der Waals surface area contributed by atoms with Gasteiger partial charge in [0, 0.05) is 11.5 Å². The Hall–Kier alpha value is -1.83. The number of rotatable bonds is 3. The predicted molar refractivity (Wildman–Crippen MR) is 63.3 cm³/mol. The average molecular weight is 214 g/mol. The van der Waals surface area contributed by atoms with Gasteiger partial charge in [-0.1, -0.05) is 44.2 Å². The van der Waals surface area contributed by atoms with Crippen molar-refractivity contribution in [3.8, 4) is 11.3 Å². The zero-order chi connectivity index (χ0) is 11.5. The molecule has 1 heterocycles. The van der Waals surface area contributed by atoms with Crippen LogP contribution >= 0.6 is 0 Å². The van der Waals surface area contributed by atoms with Crippen LogP contribution in [0.5, 0.6) is 0 Å². The molecule has 2 aromatic rings. The van der Waals surface area contributed by atoms with Gasteiger partial charge in [-0.2, -0.15) is 0 Å². The molecule has 0 aliphatic carbocycles. The van der Waals surface area contributed by atoms with Gasteiger partial charge in [0.25, 0.3) is 0 Å². The molecule has 0 saturated heterocycles. The van der Waals surface area contributed by atoms with Crippen LogP contribution in [0.2, 0.25) is 0 Å². The molecule has 0 radical (unpaired) electrons. The Morgan fingerprint density at radius 2 is 1.75 bits per heavy atom. The van der Waals surface area contributed by atoms with Gasteiger partial charge in [0.1, 0.15) is 5.76 Å². The summed E-state index contributed by atoms with van der Waals surface area (Å²) >= 11 is 0. The number of ketones is 1.